The van der Waals surface area contributed by atoms with Crippen molar-refractivity contribution in [3.05, 3.63) is 60.2 Å². The molecule has 0 amide bonds. The van der Waals surface area contributed by atoms with Crippen LogP contribution in [0.1, 0.15) is 19.4 Å². The second-order valence-electron chi connectivity index (χ2n) is 5.40. The molecule has 2 rings (SSSR count). The number of rotatable bonds is 7. The SMILES string of the molecule is CC(C)COc1cccc(NCCc2ccccc2)c1. The molecule has 0 fully saturated rings. The van der Waals surface area contributed by atoms with Gasteiger partial charge < -0.3 is 10.1 Å². The fourth-order valence-electron chi connectivity index (χ4n) is 1.95. The highest BCUT2D eigenvalue weighted by molar-refractivity contribution is 5.48. The first-order valence-electron chi connectivity index (χ1n) is 7.24. The Morgan fingerprint density at radius 1 is 1.00 bits per heavy atom. The smallest absolute Gasteiger partial charge is 0.121 e. The summed E-state index contributed by atoms with van der Waals surface area (Å²) in [6, 6.07) is 18.7. The Morgan fingerprint density at radius 2 is 1.80 bits per heavy atom. The number of hydrogen-bond acceptors (Lipinski definition) is 2. The van der Waals surface area contributed by atoms with Crippen LogP contribution in [0.25, 0.3) is 0 Å². The Balaban J connectivity index is 1.82. The first-order valence-corrected chi connectivity index (χ1v) is 7.24. The van der Waals surface area contributed by atoms with Gasteiger partial charge in [0, 0.05) is 18.3 Å². The Kier molecular flexibility index (Phi) is 5.48. The fraction of sp³-hybridized carbons (Fsp3) is 0.333. The number of anilines is 1. The topological polar surface area (TPSA) is 21.3 Å². The molecule has 1 N–H and O–H groups in total. The summed E-state index contributed by atoms with van der Waals surface area (Å²) in [5, 5.41) is 3.44. The summed E-state index contributed by atoms with van der Waals surface area (Å²) in [4.78, 5) is 0. The van der Waals surface area contributed by atoms with Crippen LogP contribution in [0.2, 0.25) is 0 Å². The lowest BCUT2D eigenvalue weighted by molar-refractivity contribution is 0.271. The molecule has 2 aromatic rings. The van der Waals surface area contributed by atoms with E-state index in [9.17, 15) is 0 Å². The van der Waals surface area contributed by atoms with Crippen molar-refractivity contribution in [3.63, 3.8) is 0 Å². The van der Waals surface area contributed by atoms with Gasteiger partial charge in [-0.25, -0.2) is 0 Å². The minimum absolute atomic E-state index is 0.546. The van der Waals surface area contributed by atoms with E-state index in [0.29, 0.717) is 5.92 Å². The number of nitrogens with one attached hydrogen (secondary N) is 1. The predicted octanol–water partition coefficient (Wildman–Crippen LogP) is 4.38. The summed E-state index contributed by atoms with van der Waals surface area (Å²) < 4.78 is 5.73. The second kappa shape index (κ2) is 7.59. The van der Waals surface area contributed by atoms with Crippen molar-refractivity contribution in [3.8, 4) is 5.75 Å². The molecule has 0 heterocycles. The molecule has 106 valence electrons. The second-order valence-corrected chi connectivity index (χ2v) is 5.40. The van der Waals surface area contributed by atoms with Crippen LogP contribution in [-0.2, 0) is 6.42 Å². The average molecular weight is 269 g/mol. The van der Waals surface area contributed by atoms with Crippen molar-refractivity contribution < 1.29 is 4.74 Å². The van der Waals surface area contributed by atoms with Crippen molar-refractivity contribution >= 4 is 5.69 Å². The summed E-state index contributed by atoms with van der Waals surface area (Å²) in [5.74, 6) is 1.48. The van der Waals surface area contributed by atoms with Crippen LogP contribution in [-0.4, -0.2) is 13.2 Å². The zero-order valence-corrected chi connectivity index (χ0v) is 12.3. The quantitative estimate of drug-likeness (QED) is 0.805. The summed E-state index contributed by atoms with van der Waals surface area (Å²) >= 11 is 0. The van der Waals surface area contributed by atoms with Gasteiger partial charge >= 0.3 is 0 Å². The zero-order chi connectivity index (χ0) is 14.2. The third-order valence-electron chi connectivity index (χ3n) is 3.00. The molecule has 0 bridgehead atoms. The van der Waals surface area contributed by atoms with E-state index in [0.717, 1.165) is 31.0 Å². The summed E-state index contributed by atoms with van der Waals surface area (Å²) in [6.07, 6.45) is 1.03. The van der Waals surface area contributed by atoms with E-state index in [1.54, 1.807) is 0 Å². The highest BCUT2D eigenvalue weighted by Crippen LogP contribution is 2.18. The molecule has 0 atom stereocenters. The monoisotopic (exact) mass is 269 g/mol. The summed E-state index contributed by atoms with van der Waals surface area (Å²) in [5.41, 5.74) is 2.47. The Morgan fingerprint density at radius 3 is 2.55 bits per heavy atom. The lowest BCUT2D eigenvalue weighted by Crippen LogP contribution is -2.06. The van der Waals surface area contributed by atoms with Crippen molar-refractivity contribution in [2.24, 2.45) is 5.92 Å². The molecule has 2 nitrogen and oxygen atoms in total. The maximum atomic E-state index is 5.73. The van der Waals surface area contributed by atoms with Gasteiger partial charge in [-0.05, 0) is 30.0 Å². The van der Waals surface area contributed by atoms with Crippen LogP contribution in [0.15, 0.2) is 54.6 Å². The van der Waals surface area contributed by atoms with Gasteiger partial charge in [0.25, 0.3) is 0 Å². The molecule has 2 heteroatoms. The van der Waals surface area contributed by atoms with E-state index >= 15 is 0 Å². The largest absolute Gasteiger partial charge is 0.493 e. The molecule has 0 radical (unpaired) electrons. The zero-order valence-electron chi connectivity index (χ0n) is 12.3. The molecule has 0 unspecified atom stereocenters. The van der Waals surface area contributed by atoms with Gasteiger partial charge in [0.2, 0.25) is 0 Å². The van der Waals surface area contributed by atoms with E-state index in [2.05, 4.69) is 55.6 Å². The van der Waals surface area contributed by atoms with Crippen molar-refractivity contribution in [1.82, 2.24) is 0 Å². The van der Waals surface area contributed by atoms with E-state index in [-0.39, 0.29) is 0 Å². The van der Waals surface area contributed by atoms with Gasteiger partial charge in [0.1, 0.15) is 5.75 Å². The van der Waals surface area contributed by atoms with E-state index in [1.165, 1.54) is 5.56 Å². The van der Waals surface area contributed by atoms with Gasteiger partial charge in [-0.1, -0.05) is 50.2 Å². The predicted molar refractivity (Wildman–Crippen MR) is 85.4 cm³/mol. The molecular formula is C18H23NO. The third kappa shape index (κ3) is 4.96. The van der Waals surface area contributed by atoms with Gasteiger partial charge in [0.15, 0.2) is 0 Å². The molecule has 0 aliphatic rings. The van der Waals surface area contributed by atoms with Crippen molar-refractivity contribution in [1.29, 1.82) is 0 Å². The normalized spacial score (nSPS) is 10.6. The van der Waals surface area contributed by atoms with Gasteiger partial charge in [0.05, 0.1) is 6.61 Å². The van der Waals surface area contributed by atoms with Crippen LogP contribution in [0, 0.1) is 5.92 Å². The summed E-state index contributed by atoms with van der Waals surface area (Å²) in [6.45, 7) is 6.00. The minimum Gasteiger partial charge on any atom is -0.493 e. The molecule has 2 aromatic carbocycles. The summed E-state index contributed by atoms with van der Waals surface area (Å²) in [7, 11) is 0. The van der Waals surface area contributed by atoms with Crippen LogP contribution >= 0.6 is 0 Å². The van der Waals surface area contributed by atoms with Crippen LogP contribution in [0.4, 0.5) is 5.69 Å². The Hall–Kier alpha value is -1.96. The fourth-order valence-corrected chi connectivity index (χ4v) is 1.95. The third-order valence-corrected chi connectivity index (χ3v) is 3.00. The van der Waals surface area contributed by atoms with E-state index < -0.39 is 0 Å². The maximum Gasteiger partial charge on any atom is 0.121 e. The first-order chi connectivity index (χ1) is 9.74. The maximum absolute atomic E-state index is 5.73. The molecule has 0 spiro atoms. The molecule has 0 aromatic heterocycles. The van der Waals surface area contributed by atoms with E-state index in [4.69, 9.17) is 4.74 Å². The highest BCUT2D eigenvalue weighted by Gasteiger charge is 1.99. The Bertz CT molecular complexity index is 508. The minimum atomic E-state index is 0.546. The highest BCUT2D eigenvalue weighted by atomic mass is 16.5. The number of ether oxygens (including phenoxy) is 1. The lowest BCUT2D eigenvalue weighted by Gasteiger charge is -2.11. The van der Waals surface area contributed by atoms with Gasteiger partial charge in [-0.15, -0.1) is 0 Å². The van der Waals surface area contributed by atoms with Crippen LogP contribution in [0.3, 0.4) is 0 Å². The Labute approximate surface area is 121 Å². The molecular weight excluding hydrogens is 246 g/mol. The lowest BCUT2D eigenvalue weighted by atomic mass is 10.1. The molecule has 0 saturated carbocycles. The van der Waals surface area contributed by atoms with Gasteiger partial charge in [-0.3, -0.25) is 0 Å². The van der Waals surface area contributed by atoms with Crippen molar-refractivity contribution in [2.75, 3.05) is 18.5 Å². The molecule has 0 aliphatic carbocycles. The number of hydrogen-bond donors (Lipinski definition) is 1. The number of benzene rings is 2. The van der Waals surface area contributed by atoms with Gasteiger partial charge in [-0.2, -0.15) is 0 Å². The van der Waals surface area contributed by atoms with Crippen molar-refractivity contribution in [2.45, 2.75) is 20.3 Å². The average Bonchev–Trinajstić information content (AvgIpc) is 2.47. The molecule has 0 aliphatic heterocycles. The van der Waals surface area contributed by atoms with Crippen LogP contribution < -0.4 is 10.1 Å². The molecule has 20 heavy (non-hydrogen) atoms. The standard InChI is InChI=1S/C18H23NO/c1-15(2)14-20-18-10-6-9-17(13-18)19-12-11-16-7-4-3-5-8-16/h3-10,13,15,19H,11-12,14H2,1-2H3. The van der Waals surface area contributed by atoms with E-state index in [1.807, 2.05) is 18.2 Å². The van der Waals surface area contributed by atoms with Crippen LogP contribution in [0.5, 0.6) is 5.75 Å². The first kappa shape index (κ1) is 14.4. The molecule has 0 saturated heterocycles.